The molecule has 1 fully saturated rings. The third kappa shape index (κ3) is 5.55. The van der Waals surface area contributed by atoms with Gasteiger partial charge in [-0.3, -0.25) is 0 Å². The highest BCUT2D eigenvalue weighted by atomic mass is 32.2. The normalized spacial score (nSPS) is 26.2. The number of thioether (sulfide) groups is 1. The highest BCUT2D eigenvalue weighted by molar-refractivity contribution is 7.99. The maximum atomic E-state index is 5.72. The zero-order chi connectivity index (χ0) is 12.0. The molecule has 1 N–H and O–H groups in total. The number of nitrogens with one attached hydrogen (secondary N) is 1. The predicted octanol–water partition coefficient (Wildman–Crippen LogP) is 3.07. The topological polar surface area (TPSA) is 21.3 Å². The van der Waals surface area contributed by atoms with E-state index in [9.17, 15) is 0 Å². The van der Waals surface area contributed by atoms with Gasteiger partial charge in [0, 0.05) is 17.8 Å². The Hall–Kier alpha value is 0.270. The lowest BCUT2D eigenvalue weighted by atomic mass is 10.2. The Morgan fingerprint density at radius 2 is 2.06 bits per heavy atom. The molecule has 96 valence electrons. The fourth-order valence-corrected chi connectivity index (χ4v) is 3.40. The third-order valence-electron chi connectivity index (χ3n) is 2.88. The molecule has 2 unspecified atom stereocenters. The van der Waals surface area contributed by atoms with E-state index in [4.69, 9.17) is 4.74 Å². The largest absolute Gasteiger partial charge is 0.375 e. The molecule has 3 heteroatoms. The van der Waals surface area contributed by atoms with Gasteiger partial charge in [0.2, 0.25) is 0 Å². The summed E-state index contributed by atoms with van der Waals surface area (Å²) in [5, 5.41) is 4.48. The van der Waals surface area contributed by atoms with Crippen molar-refractivity contribution in [1.82, 2.24) is 5.32 Å². The number of hydrogen-bond acceptors (Lipinski definition) is 3. The van der Waals surface area contributed by atoms with Crippen LogP contribution in [0.1, 0.15) is 47.0 Å². The van der Waals surface area contributed by atoms with Crippen LogP contribution >= 0.6 is 11.8 Å². The lowest BCUT2D eigenvalue weighted by Crippen LogP contribution is -2.37. The first kappa shape index (κ1) is 14.3. The molecule has 0 spiro atoms. The molecule has 0 amide bonds. The second kappa shape index (κ2) is 6.87. The summed E-state index contributed by atoms with van der Waals surface area (Å²) in [6.07, 6.45) is 4.11. The number of hydrogen-bond donors (Lipinski definition) is 1. The van der Waals surface area contributed by atoms with Crippen molar-refractivity contribution >= 4 is 11.8 Å². The molecule has 2 nitrogen and oxygen atoms in total. The lowest BCUT2D eigenvalue weighted by molar-refractivity contribution is -0.00152. The summed E-state index contributed by atoms with van der Waals surface area (Å²) in [6.45, 7) is 10.4. The third-order valence-corrected chi connectivity index (χ3v) is 4.20. The lowest BCUT2D eigenvalue weighted by Gasteiger charge is -2.23. The fraction of sp³-hybridized carbons (Fsp3) is 1.00. The molecular formula is C13H27NOS. The average Bonchev–Trinajstić information content (AvgIpc) is 2.60. The SMILES string of the molecule is CCSC1CCCC1NCCOC(C)(C)C. The van der Waals surface area contributed by atoms with E-state index in [1.807, 2.05) is 0 Å². The summed E-state index contributed by atoms with van der Waals surface area (Å²) in [6, 6.07) is 0.716. The molecule has 2 atom stereocenters. The van der Waals surface area contributed by atoms with Crippen LogP contribution in [-0.4, -0.2) is 35.8 Å². The van der Waals surface area contributed by atoms with Crippen LogP contribution in [0.4, 0.5) is 0 Å². The van der Waals surface area contributed by atoms with Crippen LogP contribution in [0.2, 0.25) is 0 Å². The van der Waals surface area contributed by atoms with E-state index in [-0.39, 0.29) is 5.60 Å². The summed E-state index contributed by atoms with van der Waals surface area (Å²) in [5.41, 5.74) is -0.00503. The Bertz CT molecular complexity index is 191. The molecule has 0 saturated heterocycles. The van der Waals surface area contributed by atoms with Gasteiger partial charge in [-0.25, -0.2) is 0 Å². The highest BCUT2D eigenvalue weighted by Gasteiger charge is 2.26. The van der Waals surface area contributed by atoms with Gasteiger partial charge in [0.05, 0.1) is 12.2 Å². The van der Waals surface area contributed by atoms with E-state index in [1.54, 1.807) is 0 Å². The second-order valence-electron chi connectivity index (χ2n) is 5.45. The van der Waals surface area contributed by atoms with Crippen molar-refractivity contribution in [2.45, 2.75) is 63.9 Å². The molecule has 1 saturated carbocycles. The first-order valence-corrected chi connectivity index (χ1v) is 7.57. The summed E-state index contributed by atoms with van der Waals surface area (Å²) in [4.78, 5) is 0. The van der Waals surface area contributed by atoms with Gasteiger partial charge in [-0.2, -0.15) is 11.8 Å². The van der Waals surface area contributed by atoms with Crippen molar-refractivity contribution in [3.05, 3.63) is 0 Å². The van der Waals surface area contributed by atoms with E-state index in [1.165, 1.54) is 25.0 Å². The summed E-state index contributed by atoms with van der Waals surface area (Å²) >= 11 is 2.11. The zero-order valence-corrected chi connectivity index (χ0v) is 12.0. The molecule has 0 aromatic rings. The minimum Gasteiger partial charge on any atom is -0.375 e. The van der Waals surface area contributed by atoms with E-state index in [0.717, 1.165) is 18.4 Å². The molecule has 0 aromatic carbocycles. The molecule has 0 bridgehead atoms. The van der Waals surface area contributed by atoms with Crippen LogP contribution in [0, 0.1) is 0 Å². The van der Waals surface area contributed by atoms with Gasteiger partial charge in [-0.1, -0.05) is 13.3 Å². The fourth-order valence-electron chi connectivity index (χ4n) is 2.17. The predicted molar refractivity (Wildman–Crippen MR) is 73.3 cm³/mol. The summed E-state index contributed by atoms with van der Waals surface area (Å²) in [5.74, 6) is 1.24. The standard InChI is InChI=1S/C13H27NOS/c1-5-16-12-8-6-7-11(12)14-9-10-15-13(2,3)4/h11-12,14H,5-10H2,1-4H3. The average molecular weight is 245 g/mol. The molecule has 16 heavy (non-hydrogen) atoms. The van der Waals surface area contributed by atoms with Crippen LogP contribution in [0.3, 0.4) is 0 Å². The monoisotopic (exact) mass is 245 g/mol. The Kier molecular flexibility index (Phi) is 6.16. The van der Waals surface area contributed by atoms with Gasteiger partial charge in [-0.15, -0.1) is 0 Å². The first-order chi connectivity index (χ1) is 7.53. The van der Waals surface area contributed by atoms with Gasteiger partial charge in [0.15, 0.2) is 0 Å². The van der Waals surface area contributed by atoms with Crippen molar-refractivity contribution in [1.29, 1.82) is 0 Å². The van der Waals surface area contributed by atoms with E-state index in [2.05, 4.69) is 44.8 Å². The van der Waals surface area contributed by atoms with Gasteiger partial charge < -0.3 is 10.1 Å². The van der Waals surface area contributed by atoms with Gasteiger partial charge >= 0.3 is 0 Å². The van der Waals surface area contributed by atoms with Crippen molar-refractivity contribution < 1.29 is 4.74 Å². The van der Waals surface area contributed by atoms with E-state index >= 15 is 0 Å². The summed E-state index contributed by atoms with van der Waals surface area (Å²) < 4.78 is 5.72. The Morgan fingerprint density at radius 3 is 2.69 bits per heavy atom. The molecule has 0 heterocycles. The van der Waals surface area contributed by atoms with Crippen LogP contribution in [0.25, 0.3) is 0 Å². The molecule has 0 aromatic heterocycles. The van der Waals surface area contributed by atoms with Crippen molar-refractivity contribution in [2.24, 2.45) is 0 Å². The van der Waals surface area contributed by atoms with Gasteiger partial charge in [0.25, 0.3) is 0 Å². The van der Waals surface area contributed by atoms with Gasteiger partial charge in [-0.05, 0) is 39.4 Å². The smallest absolute Gasteiger partial charge is 0.0599 e. The number of rotatable bonds is 6. The van der Waals surface area contributed by atoms with E-state index < -0.39 is 0 Å². The van der Waals surface area contributed by atoms with Crippen LogP contribution in [0.15, 0.2) is 0 Å². The second-order valence-corrected chi connectivity index (χ2v) is 6.96. The molecule has 0 radical (unpaired) electrons. The quantitative estimate of drug-likeness (QED) is 0.727. The van der Waals surface area contributed by atoms with Gasteiger partial charge in [0.1, 0.15) is 0 Å². The maximum Gasteiger partial charge on any atom is 0.0599 e. The zero-order valence-electron chi connectivity index (χ0n) is 11.2. The first-order valence-electron chi connectivity index (χ1n) is 6.52. The highest BCUT2D eigenvalue weighted by Crippen LogP contribution is 2.29. The molecule has 1 aliphatic carbocycles. The van der Waals surface area contributed by atoms with Crippen LogP contribution < -0.4 is 5.32 Å². The maximum absolute atomic E-state index is 5.72. The summed E-state index contributed by atoms with van der Waals surface area (Å²) in [7, 11) is 0. The number of ether oxygens (including phenoxy) is 1. The van der Waals surface area contributed by atoms with Crippen molar-refractivity contribution in [2.75, 3.05) is 18.9 Å². The molecule has 1 aliphatic rings. The Balaban J connectivity index is 2.12. The van der Waals surface area contributed by atoms with Crippen LogP contribution in [0.5, 0.6) is 0 Å². The van der Waals surface area contributed by atoms with E-state index in [0.29, 0.717) is 6.04 Å². The molecule has 1 rings (SSSR count). The molecular weight excluding hydrogens is 218 g/mol. The molecule has 0 aliphatic heterocycles. The minimum atomic E-state index is -0.00503. The van der Waals surface area contributed by atoms with Crippen LogP contribution in [-0.2, 0) is 4.74 Å². The van der Waals surface area contributed by atoms with Crippen molar-refractivity contribution in [3.8, 4) is 0 Å². The Labute approximate surface area is 105 Å². The minimum absolute atomic E-state index is 0.00503. The van der Waals surface area contributed by atoms with Crippen molar-refractivity contribution in [3.63, 3.8) is 0 Å². The Morgan fingerprint density at radius 1 is 1.31 bits per heavy atom.